The van der Waals surface area contributed by atoms with Crippen LogP contribution in [-0.4, -0.2) is 30.3 Å². The number of aliphatic hydroxyl groups is 1. The fourth-order valence-corrected chi connectivity index (χ4v) is 1.19. The first kappa shape index (κ1) is 14.2. The number of carbonyl (C=O) groups excluding carboxylic acids is 1. The van der Waals surface area contributed by atoms with Crippen LogP contribution in [0.4, 0.5) is 5.69 Å². The standard InChI is InChI=1S/C14H17NO3/c1-14(2,18-3)13(17)15-12-8-4-6-11(10-12)7-5-9-16/h4,6,8,10,16H,9H2,1-3H3,(H,15,17). The average Bonchev–Trinajstić information content (AvgIpc) is 2.36. The van der Waals surface area contributed by atoms with Crippen molar-refractivity contribution < 1.29 is 14.6 Å². The van der Waals surface area contributed by atoms with Gasteiger partial charge in [-0.2, -0.15) is 0 Å². The Balaban J connectivity index is 2.83. The number of carbonyl (C=O) groups is 1. The van der Waals surface area contributed by atoms with Gasteiger partial charge in [-0.3, -0.25) is 4.79 Å². The number of anilines is 1. The van der Waals surface area contributed by atoms with Gasteiger partial charge in [0.1, 0.15) is 12.2 Å². The minimum absolute atomic E-state index is 0.187. The van der Waals surface area contributed by atoms with Gasteiger partial charge in [0.05, 0.1) is 0 Å². The van der Waals surface area contributed by atoms with Crippen LogP contribution in [-0.2, 0) is 9.53 Å². The van der Waals surface area contributed by atoms with E-state index in [1.807, 2.05) is 0 Å². The van der Waals surface area contributed by atoms with Crippen LogP contribution in [0.25, 0.3) is 0 Å². The van der Waals surface area contributed by atoms with Gasteiger partial charge in [-0.15, -0.1) is 0 Å². The van der Waals surface area contributed by atoms with Gasteiger partial charge in [-0.1, -0.05) is 17.9 Å². The second kappa shape index (κ2) is 6.20. The Morgan fingerprint density at radius 1 is 1.50 bits per heavy atom. The van der Waals surface area contributed by atoms with Crippen LogP contribution < -0.4 is 5.32 Å². The molecule has 2 N–H and O–H groups in total. The Hall–Kier alpha value is -1.83. The average molecular weight is 247 g/mol. The Bertz CT molecular complexity index is 483. The first-order chi connectivity index (χ1) is 8.49. The fourth-order valence-electron chi connectivity index (χ4n) is 1.19. The van der Waals surface area contributed by atoms with Gasteiger partial charge in [-0.25, -0.2) is 0 Å². The molecule has 0 saturated carbocycles. The highest BCUT2D eigenvalue weighted by molar-refractivity contribution is 5.96. The lowest BCUT2D eigenvalue weighted by atomic mass is 10.1. The normalized spacial score (nSPS) is 10.4. The summed E-state index contributed by atoms with van der Waals surface area (Å²) in [7, 11) is 1.49. The van der Waals surface area contributed by atoms with Crippen molar-refractivity contribution in [3.8, 4) is 11.8 Å². The monoisotopic (exact) mass is 247 g/mol. The highest BCUT2D eigenvalue weighted by Gasteiger charge is 2.26. The van der Waals surface area contributed by atoms with Crippen molar-refractivity contribution in [1.82, 2.24) is 0 Å². The molecule has 1 amide bonds. The third-order valence-corrected chi connectivity index (χ3v) is 2.49. The molecule has 0 aliphatic rings. The smallest absolute Gasteiger partial charge is 0.256 e. The Morgan fingerprint density at radius 2 is 2.22 bits per heavy atom. The number of hydrogen-bond acceptors (Lipinski definition) is 3. The van der Waals surface area contributed by atoms with E-state index in [1.54, 1.807) is 38.1 Å². The topological polar surface area (TPSA) is 58.6 Å². The van der Waals surface area contributed by atoms with Crippen molar-refractivity contribution in [3.63, 3.8) is 0 Å². The molecule has 0 bridgehead atoms. The molecule has 0 radical (unpaired) electrons. The molecule has 1 rings (SSSR count). The maximum Gasteiger partial charge on any atom is 0.256 e. The molecule has 0 heterocycles. The molecule has 0 aromatic heterocycles. The summed E-state index contributed by atoms with van der Waals surface area (Å²) in [6.45, 7) is 3.20. The maximum atomic E-state index is 11.9. The van der Waals surface area contributed by atoms with E-state index in [0.717, 1.165) is 5.56 Å². The molecule has 1 aromatic rings. The van der Waals surface area contributed by atoms with E-state index in [2.05, 4.69) is 17.2 Å². The predicted octanol–water partition coefficient (Wildman–Crippen LogP) is 1.39. The van der Waals surface area contributed by atoms with Crippen molar-refractivity contribution in [2.45, 2.75) is 19.4 Å². The number of rotatable bonds is 3. The van der Waals surface area contributed by atoms with Gasteiger partial charge >= 0.3 is 0 Å². The first-order valence-corrected chi connectivity index (χ1v) is 5.56. The third kappa shape index (κ3) is 3.88. The molecule has 0 aliphatic heterocycles. The number of benzene rings is 1. The number of ether oxygens (including phenoxy) is 1. The lowest BCUT2D eigenvalue weighted by Gasteiger charge is -2.21. The summed E-state index contributed by atoms with van der Waals surface area (Å²) in [4.78, 5) is 11.9. The van der Waals surface area contributed by atoms with Gasteiger partial charge in [-0.05, 0) is 32.0 Å². The molecule has 0 atom stereocenters. The minimum Gasteiger partial charge on any atom is -0.384 e. The lowest BCUT2D eigenvalue weighted by molar-refractivity contribution is -0.133. The second-order valence-electron chi connectivity index (χ2n) is 4.21. The van der Waals surface area contributed by atoms with Crippen LogP contribution in [0, 0.1) is 11.8 Å². The van der Waals surface area contributed by atoms with Crippen molar-refractivity contribution in [2.24, 2.45) is 0 Å². The van der Waals surface area contributed by atoms with E-state index in [9.17, 15) is 4.79 Å². The lowest BCUT2D eigenvalue weighted by Crippen LogP contribution is -2.38. The van der Waals surface area contributed by atoms with Gasteiger partial charge in [0.15, 0.2) is 0 Å². The molecule has 4 heteroatoms. The Morgan fingerprint density at radius 3 is 2.83 bits per heavy atom. The largest absolute Gasteiger partial charge is 0.384 e. The van der Waals surface area contributed by atoms with Crippen LogP contribution in [0.5, 0.6) is 0 Å². The van der Waals surface area contributed by atoms with Crippen molar-refractivity contribution in [2.75, 3.05) is 19.0 Å². The highest BCUT2D eigenvalue weighted by Crippen LogP contribution is 2.14. The zero-order valence-electron chi connectivity index (χ0n) is 10.8. The van der Waals surface area contributed by atoms with E-state index in [4.69, 9.17) is 9.84 Å². The molecule has 96 valence electrons. The van der Waals surface area contributed by atoms with E-state index in [1.165, 1.54) is 7.11 Å². The molecular weight excluding hydrogens is 230 g/mol. The molecule has 0 spiro atoms. The summed E-state index contributed by atoms with van der Waals surface area (Å²) in [6, 6.07) is 7.11. The summed E-state index contributed by atoms with van der Waals surface area (Å²) in [5, 5.41) is 11.4. The van der Waals surface area contributed by atoms with Gasteiger partial charge < -0.3 is 15.2 Å². The van der Waals surface area contributed by atoms with Crippen molar-refractivity contribution in [1.29, 1.82) is 0 Å². The van der Waals surface area contributed by atoms with Gasteiger partial charge in [0, 0.05) is 18.4 Å². The van der Waals surface area contributed by atoms with Crippen molar-refractivity contribution in [3.05, 3.63) is 29.8 Å². The summed E-state index contributed by atoms with van der Waals surface area (Å²) < 4.78 is 5.09. The molecule has 0 aliphatic carbocycles. The van der Waals surface area contributed by atoms with Crippen LogP contribution in [0.15, 0.2) is 24.3 Å². The molecule has 0 saturated heterocycles. The second-order valence-corrected chi connectivity index (χ2v) is 4.21. The van der Waals surface area contributed by atoms with Gasteiger partial charge in [0.25, 0.3) is 5.91 Å². The highest BCUT2D eigenvalue weighted by atomic mass is 16.5. The van der Waals surface area contributed by atoms with Crippen LogP contribution in [0.3, 0.4) is 0 Å². The zero-order chi connectivity index (χ0) is 13.6. The molecule has 4 nitrogen and oxygen atoms in total. The quantitative estimate of drug-likeness (QED) is 0.794. The summed E-state index contributed by atoms with van der Waals surface area (Å²) in [5.41, 5.74) is 0.499. The SMILES string of the molecule is COC(C)(C)C(=O)Nc1cccc(C#CCO)c1. The van der Waals surface area contributed by atoms with Crippen LogP contribution in [0.2, 0.25) is 0 Å². The number of methoxy groups -OCH3 is 1. The van der Waals surface area contributed by atoms with E-state index < -0.39 is 5.60 Å². The van der Waals surface area contributed by atoms with Crippen LogP contribution >= 0.6 is 0 Å². The van der Waals surface area contributed by atoms with Crippen LogP contribution in [0.1, 0.15) is 19.4 Å². The first-order valence-electron chi connectivity index (χ1n) is 5.56. The number of aliphatic hydroxyl groups excluding tert-OH is 1. The molecule has 1 aromatic carbocycles. The minimum atomic E-state index is -0.882. The Kier molecular flexibility index (Phi) is 4.90. The summed E-state index contributed by atoms with van der Waals surface area (Å²) >= 11 is 0. The summed E-state index contributed by atoms with van der Waals surface area (Å²) in [5.74, 6) is 5.11. The van der Waals surface area contributed by atoms with Gasteiger partial charge in [0.2, 0.25) is 0 Å². The van der Waals surface area contributed by atoms with E-state index in [0.29, 0.717) is 5.69 Å². The number of nitrogens with one attached hydrogen (secondary N) is 1. The van der Waals surface area contributed by atoms with E-state index in [-0.39, 0.29) is 12.5 Å². The predicted molar refractivity (Wildman–Crippen MR) is 70.1 cm³/mol. The fraction of sp³-hybridized carbons (Fsp3) is 0.357. The zero-order valence-corrected chi connectivity index (χ0v) is 10.8. The number of hydrogen-bond donors (Lipinski definition) is 2. The third-order valence-electron chi connectivity index (χ3n) is 2.49. The molecule has 18 heavy (non-hydrogen) atoms. The Labute approximate surface area is 107 Å². The van der Waals surface area contributed by atoms with Crippen molar-refractivity contribution >= 4 is 11.6 Å². The summed E-state index contributed by atoms with van der Waals surface area (Å²) in [6.07, 6.45) is 0. The molecule has 0 unspecified atom stereocenters. The maximum absolute atomic E-state index is 11.9. The molecule has 0 fully saturated rings. The molecular formula is C14H17NO3. The number of amides is 1. The van der Waals surface area contributed by atoms with E-state index >= 15 is 0 Å².